The minimum Gasteiger partial charge on any atom is -0.433 e. The molecule has 6 heterocycles. The summed E-state index contributed by atoms with van der Waals surface area (Å²) in [7, 11) is 7.91. The topological polar surface area (TPSA) is 186 Å². The number of likely N-dealkylation sites (N-methyl/N-ethyl adjacent to an activating group) is 2. The number of nitro groups is 1. The number of nitrogen functional groups attached to an aromatic ring is 1. The molecule has 0 saturated carbocycles. The van der Waals surface area contributed by atoms with Gasteiger partial charge in [-0.1, -0.05) is 36.4 Å². The lowest BCUT2D eigenvalue weighted by atomic mass is 10.1. The molecule has 2 saturated heterocycles. The van der Waals surface area contributed by atoms with Crippen LogP contribution in [-0.4, -0.2) is 123 Å². The molecule has 0 unspecified atom stereocenters. The summed E-state index contributed by atoms with van der Waals surface area (Å²) < 4.78 is 66.8. The Labute approximate surface area is 411 Å². The van der Waals surface area contributed by atoms with Crippen LogP contribution in [0.1, 0.15) is 0 Å². The quantitative estimate of drug-likeness (QED) is 0.0430. The monoisotopic (exact) mass is 988 g/mol. The van der Waals surface area contributed by atoms with E-state index in [2.05, 4.69) is 45.3 Å². The fourth-order valence-electron chi connectivity index (χ4n) is 8.96. The van der Waals surface area contributed by atoms with Crippen molar-refractivity contribution in [3.8, 4) is 34.0 Å². The minimum atomic E-state index is -3.12. The minimum absolute atomic E-state index is 0.0118. The second kappa shape index (κ2) is 21.0. The molecule has 374 valence electrons. The summed E-state index contributed by atoms with van der Waals surface area (Å²) in [5.41, 5.74) is 13.0. The summed E-state index contributed by atoms with van der Waals surface area (Å²) in [6, 6.07) is 25.1. The molecule has 18 nitrogen and oxygen atoms in total. The van der Waals surface area contributed by atoms with E-state index in [1.807, 2.05) is 104 Å². The molecule has 0 radical (unpaired) electrons. The Kier molecular flexibility index (Phi) is 14.2. The van der Waals surface area contributed by atoms with Gasteiger partial charge in [0.1, 0.15) is 5.69 Å². The van der Waals surface area contributed by atoms with E-state index >= 15 is 0 Å². The number of benzene rings is 4. The van der Waals surface area contributed by atoms with Gasteiger partial charge in [0.15, 0.2) is 11.5 Å². The largest absolute Gasteiger partial charge is 0.433 e. The van der Waals surface area contributed by atoms with E-state index in [1.165, 1.54) is 18.3 Å². The Bertz CT molecular complexity index is 3230. The fraction of sp³-hybridized carbons (Fsp3) is 0.280. The van der Waals surface area contributed by atoms with Crippen molar-refractivity contribution in [2.75, 3.05) is 92.6 Å². The molecule has 0 aliphatic carbocycles. The zero-order chi connectivity index (χ0) is 50.6. The summed E-state index contributed by atoms with van der Waals surface area (Å²) in [6.07, 6.45) is 7.11. The first-order valence-electron chi connectivity index (χ1n) is 23.0. The summed E-state index contributed by atoms with van der Waals surface area (Å²) >= 11 is 0. The lowest BCUT2D eigenvalue weighted by Gasteiger charge is -2.35. The lowest BCUT2D eigenvalue weighted by Crippen LogP contribution is -2.44. The Morgan fingerprint density at radius 1 is 0.611 bits per heavy atom. The van der Waals surface area contributed by atoms with Crippen LogP contribution >= 0.6 is 0 Å². The molecule has 2 aliphatic heterocycles. The van der Waals surface area contributed by atoms with Gasteiger partial charge in [-0.05, 0) is 44.4 Å². The van der Waals surface area contributed by atoms with E-state index in [4.69, 9.17) is 15.2 Å². The van der Waals surface area contributed by atoms with Crippen molar-refractivity contribution in [1.82, 2.24) is 38.9 Å². The second-order valence-electron chi connectivity index (χ2n) is 17.5. The Morgan fingerprint density at radius 3 is 1.50 bits per heavy atom. The number of halogens is 4. The molecule has 4 aromatic heterocycles. The molecule has 10 rings (SSSR count). The number of aryl methyl sites for hydroxylation is 2. The summed E-state index contributed by atoms with van der Waals surface area (Å²) in [5, 5.41) is 19.9. The number of ether oxygens (including phenoxy) is 2. The van der Waals surface area contributed by atoms with Crippen LogP contribution < -0.4 is 35.6 Å². The van der Waals surface area contributed by atoms with Gasteiger partial charge in [0.05, 0.1) is 39.1 Å². The van der Waals surface area contributed by atoms with Crippen molar-refractivity contribution in [2.24, 2.45) is 14.1 Å². The number of anilines is 7. The number of piperazine rings is 2. The lowest BCUT2D eigenvalue weighted by molar-refractivity contribution is -0.384. The fourth-order valence-corrected chi connectivity index (χ4v) is 8.96. The maximum atomic E-state index is 13.3. The van der Waals surface area contributed by atoms with Crippen molar-refractivity contribution in [1.29, 1.82) is 0 Å². The summed E-state index contributed by atoms with van der Waals surface area (Å²) in [5.74, 6) is 0.100. The predicted octanol–water partition coefficient (Wildman–Crippen LogP) is 8.95. The third-order valence-electron chi connectivity index (χ3n) is 12.7. The van der Waals surface area contributed by atoms with Gasteiger partial charge in [-0.2, -0.15) is 17.6 Å². The Balaban J connectivity index is 0.000000178. The van der Waals surface area contributed by atoms with E-state index in [9.17, 15) is 27.7 Å². The first kappa shape index (κ1) is 48.8. The van der Waals surface area contributed by atoms with Gasteiger partial charge in [0, 0.05) is 142 Å². The maximum absolute atomic E-state index is 13.3. The van der Waals surface area contributed by atoms with Crippen LogP contribution in [0.3, 0.4) is 0 Å². The summed E-state index contributed by atoms with van der Waals surface area (Å²) in [6.45, 7) is -0.460. The molecule has 0 bridgehead atoms. The van der Waals surface area contributed by atoms with E-state index < -0.39 is 18.1 Å². The number of hydrogen-bond acceptors (Lipinski definition) is 15. The van der Waals surface area contributed by atoms with Gasteiger partial charge in [0.2, 0.25) is 11.9 Å². The van der Waals surface area contributed by atoms with Crippen LogP contribution in [0, 0.1) is 10.1 Å². The standard InChI is InChI=1S/C25H25F2N7O3.C25H27F2N7O/c1-31-9-11-33(12-10-31)21-14-23(37-24(26)27)19(13-22(21)34(35)36)30-25-28-8-7-18(29-25)17-15-32(2)20-6-4-3-5-16(17)20;1-32-9-11-34(12-10-32)22-14-23(35-24(26)27)20(13-18(22)28)31-25-29-8-7-19(30-25)17-15-33(2)21-6-4-3-5-16(17)21/h3-8,13-15,24H,9-12H2,1-2H3,(H,28,29,30);3-8,13-15,24H,9-12,28H2,1-2H3,(H,29,30,31). The smallest absolute Gasteiger partial charge is 0.387 e. The van der Waals surface area contributed by atoms with Crippen molar-refractivity contribution < 1.29 is 32.0 Å². The van der Waals surface area contributed by atoms with Gasteiger partial charge >= 0.3 is 13.2 Å². The summed E-state index contributed by atoms with van der Waals surface area (Å²) in [4.78, 5) is 37.3. The highest BCUT2D eigenvalue weighted by molar-refractivity contribution is 5.96. The zero-order valence-electron chi connectivity index (χ0n) is 39.8. The normalized spacial score (nSPS) is 14.5. The van der Waals surface area contributed by atoms with Crippen molar-refractivity contribution >= 4 is 67.8 Å². The molecule has 22 heteroatoms. The highest BCUT2D eigenvalue weighted by Gasteiger charge is 2.28. The number of aromatic nitrogens is 6. The number of para-hydroxylation sites is 2. The number of rotatable bonds is 13. The third kappa shape index (κ3) is 10.7. The first-order chi connectivity index (χ1) is 34.7. The van der Waals surface area contributed by atoms with Gasteiger partial charge in [-0.25, -0.2) is 19.9 Å². The highest BCUT2D eigenvalue weighted by Crippen LogP contribution is 2.42. The third-order valence-corrected chi connectivity index (χ3v) is 12.7. The van der Waals surface area contributed by atoms with Crippen LogP contribution in [-0.2, 0) is 14.1 Å². The number of nitrogens with one attached hydrogen (secondary N) is 2. The molecule has 2 aliphatic rings. The molecule has 72 heavy (non-hydrogen) atoms. The average Bonchev–Trinajstić information content (AvgIpc) is 3.89. The number of alkyl halides is 4. The second-order valence-corrected chi connectivity index (χ2v) is 17.5. The molecular formula is C50H52F4N14O4. The molecule has 8 aromatic rings. The van der Waals surface area contributed by atoms with Gasteiger partial charge in [-0.3, -0.25) is 10.1 Å². The van der Waals surface area contributed by atoms with Crippen molar-refractivity contribution in [2.45, 2.75) is 13.2 Å². The average molecular weight is 989 g/mol. The number of fused-ring (bicyclic) bond motifs is 2. The number of nitrogens with two attached hydrogens (primary N) is 1. The highest BCUT2D eigenvalue weighted by atomic mass is 19.3. The van der Waals surface area contributed by atoms with E-state index in [0.29, 0.717) is 48.9 Å². The van der Waals surface area contributed by atoms with Crippen molar-refractivity contribution in [3.63, 3.8) is 0 Å². The van der Waals surface area contributed by atoms with E-state index in [-0.39, 0.29) is 46.1 Å². The van der Waals surface area contributed by atoms with Crippen LogP contribution in [0.15, 0.2) is 110 Å². The van der Waals surface area contributed by atoms with Crippen molar-refractivity contribution in [3.05, 3.63) is 120 Å². The van der Waals surface area contributed by atoms with Crippen LogP contribution in [0.5, 0.6) is 11.5 Å². The molecule has 0 atom stereocenters. The maximum Gasteiger partial charge on any atom is 0.387 e. The molecule has 4 aromatic carbocycles. The SMILES string of the molecule is CN1CCN(c2cc(OC(F)F)c(Nc3nccc(-c4cn(C)c5ccccc45)n3)cc2N)CC1.CN1CCN(c2cc(OC(F)F)c(Nc3nccc(-c4cn(C)c5ccccc45)n3)cc2[N+](=O)[O-])CC1. The van der Waals surface area contributed by atoms with Gasteiger partial charge < -0.3 is 54.6 Å². The van der Waals surface area contributed by atoms with Gasteiger partial charge in [0.25, 0.3) is 5.69 Å². The molecule has 2 fully saturated rings. The number of hydrogen-bond donors (Lipinski definition) is 3. The van der Waals surface area contributed by atoms with Crippen LogP contribution in [0.2, 0.25) is 0 Å². The molecule has 0 spiro atoms. The number of nitrogens with zero attached hydrogens (tertiary/aromatic N) is 11. The first-order valence-corrected chi connectivity index (χ1v) is 23.0. The Hall–Kier alpha value is -8.24. The Morgan fingerprint density at radius 2 is 1.04 bits per heavy atom. The van der Waals surface area contributed by atoms with Crippen LogP contribution in [0.4, 0.5) is 63.6 Å². The number of nitro benzene ring substituents is 1. The zero-order valence-corrected chi connectivity index (χ0v) is 39.8. The van der Waals surface area contributed by atoms with E-state index in [1.54, 1.807) is 29.3 Å². The molecule has 0 amide bonds. The van der Waals surface area contributed by atoms with Crippen LogP contribution in [0.25, 0.3) is 44.3 Å². The molecular weight excluding hydrogens is 937 g/mol. The molecule has 4 N–H and O–H groups in total. The van der Waals surface area contributed by atoms with E-state index in [0.717, 1.165) is 59.1 Å². The van der Waals surface area contributed by atoms with Gasteiger partial charge in [-0.15, -0.1) is 0 Å². The predicted molar refractivity (Wildman–Crippen MR) is 271 cm³/mol.